The SMILES string of the molecule is Cc1ccc(/C(N)=C2\CCOCC2=C(N)N)c(O)c1. The summed E-state index contributed by atoms with van der Waals surface area (Å²) in [5, 5.41) is 9.99. The third-order valence-corrected chi connectivity index (χ3v) is 3.22. The third kappa shape index (κ3) is 2.66. The monoisotopic (exact) mass is 261 g/mol. The first-order valence-electron chi connectivity index (χ1n) is 6.11. The van der Waals surface area contributed by atoms with Crippen molar-refractivity contribution in [2.75, 3.05) is 13.2 Å². The highest BCUT2D eigenvalue weighted by Gasteiger charge is 2.19. The van der Waals surface area contributed by atoms with Gasteiger partial charge in [-0.1, -0.05) is 6.07 Å². The molecule has 5 nitrogen and oxygen atoms in total. The van der Waals surface area contributed by atoms with E-state index in [9.17, 15) is 5.11 Å². The van der Waals surface area contributed by atoms with Crippen molar-refractivity contribution in [1.29, 1.82) is 0 Å². The first-order chi connectivity index (χ1) is 9.00. The van der Waals surface area contributed by atoms with Crippen LogP contribution in [0.1, 0.15) is 17.5 Å². The van der Waals surface area contributed by atoms with Crippen molar-refractivity contribution in [3.05, 3.63) is 46.3 Å². The molecule has 0 aromatic heterocycles. The standard InChI is InChI=1S/C14H19N3O2/c1-8-2-3-10(12(18)6-8)13(15)9-4-5-19-7-11(9)14(16)17/h2-3,6,18H,4-5,7,15-17H2,1H3/b13-9-. The molecule has 0 unspecified atom stereocenters. The highest BCUT2D eigenvalue weighted by atomic mass is 16.5. The molecule has 7 N–H and O–H groups in total. The van der Waals surface area contributed by atoms with Gasteiger partial charge in [0.05, 0.1) is 19.0 Å². The first kappa shape index (κ1) is 13.3. The van der Waals surface area contributed by atoms with Crippen LogP contribution in [0.5, 0.6) is 5.75 Å². The van der Waals surface area contributed by atoms with Crippen molar-refractivity contribution < 1.29 is 9.84 Å². The van der Waals surface area contributed by atoms with Gasteiger partial charge in [-0.2, -0.15) is 0 Å². The molecule has 102 valence electrons. The van der Waals surface area contributed by atoms with Gasteiger partial charge < -0.3 is 27.0 Å². The average molecular weight is 261 g/mol. The molecule has 1 aromatic rings. The van der Waals surface area contributed by atoms with E-state index in [0.29, 0.717) is 36.5 Å². The highest BCUT2D eigenvalue weighted by molar-refractivity contribution is 5.74. The van der Waals surface area contributed by atoms with E-state index in [1.807, 2.05) is 13.0 Å². The molecular weight excluding hydrogens is 242 g/mol. The summed E-state index contributed by atoms with van der Waals surface area (Å²) in [5.74, 6) is 0.371. The van der Waals surface area contributed by atoms with E-state index in [4.69, 9.17) is 21.9 Å². The minimum absolute atomic E-state index is 0.159. The van der Waals surface area contributed by atoms with Gasteiger partial charge >= 0.3 is 0 Å². The van der Waals surface area contributed by atoms with Crippen molar-refractivity contribution in [3.8, 4) is 5.75 Å². The second kappa shape index (κ2) is 5.24. The van der Waals surface area contributed by atoms with Crippen molar-refractivity contribution in [3.63, 3.8) is 0 Å². The van der Waals surface area contributed by atoms with E-state index in [2.05, 4.69) is 0 Å². The molecule has 0 spiro atoms. The summed E-state index contributed by atoms with van der Waals surface area (Å²) in [6.45, 7) is 2.83. The van der Waals surface area contributed by atoms with Gasteiger partial charge in [-0.05, 0) is 36.6 Å². The van der Waals surface area contributed by atoms with Gasteiger partial charge in [0.15, 0.2) is 0 Å². The van der Waals surface area contributed by atoms with Crippen LogP contribution in [0.15, 0.2) is 35.2 Å². The van der Waals surface area contributed by atoms with Crippen LogP contribution in [0, 0.1) is 6.92 Å². The van der Waals surface area contributed by atoms with E-state index in [-0.39, 0.29) is 11.6 Å². The Morgan fingerprint density at radius 2 is 1.95 bits per heavy atom. The second-order valence-electron chi connectivity index (χ2n) is 4.65. The summed E-state index contributed by atoms with van der Waals surface area (Å²) in [5.41, 5.74) is 21.1. The zero-order valence-electron chi connectivity index (χ0n) is 10.9. The number of hydrogen-bond acceptors (Lipinski definition) is 5. The summed E-state index contributed by atoms with van der Waals surface area (Å²) < 4.78 is 5.34. The van der Waals surface area contributed by atoms with Crippen molar-refractivity contribution >= 4 is 5.70 Å². The number of aryl methyl sites for hydroxylation is 1. The lowest BCUT2D eigenvalue weighted by Gasteiger charge is -2.22. The van der Waals surface area contributed by atoms with Crippen LogP contribution >= 0.6 is 0 Å². The number of hydrogen-bond donors (Lipinski definition) is 4. The lowest BCUT2D eigenvalue weighted by Crippen LogP contribution is -2.23. The molecule has 0 atom stereocenters. The lowest BCUT2D eigenvalue weighted by atomic mass is 9.95. The molecule has 2 rings (SSSR count). The van der Waals surface area contributed by atoms with Crippen LogP contribution in [-0.4, -0.2) is 18.3 Å². The maximum Gasteiger partial charge on any atom is 0.125 e. The van der Waals surface area contributed by atoms with E-state index >= 15 is 0 Å². The second-order valence-corrected chi connectivity index (χ2v) is 4.65. The highest BCUT2D eigenvalue weighted by Crippen LogP contribution is 2.31. The number of phenols is 1. The zero-order valence-corrected chi connectivity index (χ0v) is 10.9. The molecule has 1 saturated heterocycles. The maximum atomic E-state index is 9.99. The predicted octanol–water partition coefficient (Wildman–Crippen LogP) is 0.920. The number of ether oxygens (including phenoxy) is 1. The van der Waals surface area contributed by atoms with Crippen LogP contribution in [0.4, 0.5) is 0 Å². The topological polar surface area (TPSA) is 108 Å². The Labute approximate surface area is 112 Å². The maximum absolute atomic E-state index is 9.99. The summed E-state index contributed by atoms with van der Waals surface area (Å²) >= 11 is 0. The van der Waals surface area contributed by atoms with Crippen molar-refractivity contribution in [2.24, 2.45) is 17.2 Å². The molecule has 1 aromatic carbocycles. The van der Waals surface area contributed by atoms with Gasteiger partial charge in [0.2, 0.25) is 0 Å². The van der Waals surface area contributed by atoms with Crippen LogP contribution < -0.4 is 17.2 Å². The van der Waals surface area contributed by atoms with Gasteiger partial charge in [-0.25, -0.2) is 0 Å². The van der Waals surface area contributed by atoms with Crippen molar-refractivity contribution in [1.82, 2.24) is 0 Å². The van der Waals surface area contributed by atoms with Gasteiger partial charge in [0.1, 0.15) is 5.75 Å². The molecule has 19 heavy (non-hydrogen) atoms. The van der Waals surface area contributed by atoms with E-state index in [0.717, 1.165) is 11.1 Å². The minimum atomic E-state index is 0.159. The van der Waals surface area contributed by atoms with Gasteiger partial charge in [-0.15, -0.1) is 0 Å². The molecule has 0 saturated carbocycles. The third-order valence-electron chi connectivity index (χ3n) is 3.22. The molecule has 1 aliphatic rings. The number of rotatable bonds is 1. The molecular formula is C14H19N3O2. The fraction of sp³-hybridized carbons (Fsp3) is 0.286. The van der Waals surface area contributed by atoms with E-state index in [1.165, 1.54) is 0 Å². The molecule has 1 heterocycles. The van der Waals surface area contributed by atoms with Gasteiger partial charge in [0.25, 0.3) is 0 Å². The molecule has 1 fully saturated rings. The molecule has 5 heteroatoms. The van der Waals surface area contributed by atoms with E-state index in [1.54, 1.807) is 12.1 Å². The average Bonchev–Trinajstić information content (AvgIpc) is 2.38. The predicted molar refractivity (Wildman–Crippen MR) is 74.8 cm³/mol. The molecule has 0 aliphatic carbocycles. The fourth-order valence-corrected chi connectivity index (χ4v) is 2.17. The summed E-state index contributed by atoms with van der Waals surface area (Å²) in [6, 6.07) is 5.38. The lowest BCUT2D eigenvalue weighted by molar-refractivity contribution is 0.145. The van der Waals surface area contributed by atoms with Crippen LogP contribution in [0.3, 0.4) is 0 Å². The molecule has 0 radical (unpaired) electrons. The van der Waals surface area contributed by atoms with Gasteiger partial charge in [-0.3, -0.25) is 0 Å². The quantitative estimate of drug-likeness (QED) is 0.601. The summed E-state index contributed by atoms with van der Waals surface area (Å²) in [4.78, 5) is 0. The minimum Gasteiger partial charge on any atom is -0.507 e. The fourth-order valence-electron chi connectivity index (χ4n) is 2.17. The van der Waals surface area contributed by atoms with Crippen LogP contribution in [0.25, 0.3) is 5.70 Å². The first-order valence-corrected chi connectivity index (χ1v) is 6.11. The number of benzene rings is 1. The van der Waals surface area contributed by atoms with Gasteiger partial charge in [0, 0.05) is 16.8 Å². The molecule has 0 bridgehead atoms. The van der Waals surface area contributed by atoms with Crippen LogP contribution in [-0.2, 0) is 4.74 Å². The number of nitrogens with two attached hydrogens (primary N) is 3. The summed E-state index contributed by atoms with van der Waals surface area (Å²) in [7, 11) is 0. The normalized spacial score (nSPS) is 18.3. The Bertz CT molecular complexity index is 558. The Kier molecular flexibility index (Phi) is 3.66. The molecule has 1 aliphatic heterocycles. The number of phenolic OH excluding ortho intramolecular Hbond substituents is 1. The Balaban J connectivity index is 2.53. The van der Waals surface area contributed by atoms with E-state index < -0.39 is 0 Å². The largest absolute Gasteiger partial charge is 0.507 e. The Hall–Kier alpha value is -2.14. The Morgan fingerprint density at radius 1 is 1.21 bits per heavy atom. The Morgan fingerprint density at radius 3 is 2.58 bits per heavy atom. The summed E-state index contributed by atoms with van der Waals surface area (Å²) in [6.07, 6.45) is 0.631. The smallest absolute Gasteiger partial charge is 0.125 e. The van der Waals surface area contributed by atoms with Crippen molar-refractivity contribution in [2.45, 2.75) is 13.3 Å². The zero-order chi connectivity index (χ0) is 14.0. The molecule has 0 amide bonds. The number of aromatic hydroxyl groups is 1. The van der Waals surface area contributed by atoms with Crippen LogP contribution in [0.2, 0.25) is 0 Å².